The van der Waals surface area contributed by atoms with Gasteiger partial charge in [-0.3, -0.25) is 0 Å². The minimum atomic E-state index is -2.31. The van der Waals surface area contributed by atoms with E-state index in [0.29, 0.717) is 0 Å². The lowest BCUT2D eigenvalue weighted by Gasteiger charge is -2.19. The number of carbonyl (C=O) groups excluding carboxylic acids is 1. The molecule has 23 heavy (non-hydrogen) atoms. The summed E-state index contributed by atoms with van der Waals surface area (Å²) < 4.78 is 9.53. The predicted molar refractivity (Wildman–Crippen MR) is 80.8 cm³/mol. The van der Waals surface area contributed by atoms with Crippen LogP contribution in [-0.2, 0) is 14.3 Å². The molecule has 0 saturated carbocycles. The van der Waals surface area contributed by atoms with E-state index in [9.17, 15) is 14.4 Å². The number of carboxylic acid groups (broad SMARTS) is 2. The minimum Gasteiger partial charge on any atom is -0.478 e. The largest absolute Gasteiger partial charge is 0.515 e. The Kier molecular flexibility index (Phi) is 6.12. The van der Waals surface area contributed by atoms with E-state index in [1.165, 1.54) is 0 Å². The lowest BCUT2D eigenvalue weighted by atomic mass is 9.94. The molecule has 1 aromatic carbocycles. The smallest absolute Gasteiger partial charge is 0.478 e. The van der Waals surface area contributed by atoms with Crippen molar-refractivity contribution in [3.05, 3.63) is 29.3 Å². The molecule has 0 heterocycles. The topological polar surface area (TPSA) is 110 Å². The highest BCUT2D eigenvalue weighted by atomic mass is 16.7. The molecule has 7 heteroatoms. The van der Waals surface area contributed by atoms with Crippen LogP contribution in [0.3, 0.4) is 0 Å². The van der Waals surface area contributed by atoms with Gasteiger partial charge in [0, 0.05) is 0 Å². The molecule has 0 amide bonds. The van der Waals surface area contributed by atoms with Crippen LogP contribution in [0, 0.1) is 0 Å². The maximum atomic E-state index is 11.8. The summed E-state index contributed by atoms with van der Waals surface area (Å²) in [7, 11) is 0. The molecule has 0 radical (unpaired) electrons. The molecule has 1 aromatic rings. The van der Waals surface area contributed by atoms with Crippen LogP contribution in [0.25, 0.3) is 0 Å². The van der Waals surface area contributed by atoms with Crippen molar-refractivity contribution in [2.75, 3.05) is 0 Å². The van der Waals surface area contributed by atoms with Crippen molar-refractivity contribution in [1.82, 2.24) is 0 Å². The molecule has 2 N–H and O–H groups in total. The van der Waals surface area contributed by atoms with E-state index in [1.807, 2.05) is 33.8 Å². The summed E-state index contributed by atoms with van der Waals surface area (Å²) in [4.78, 5) is 33.3. The molecule has 0 fully saturated rings. The highest BCUT2D eigenvalue weighted by Crippen LogP contribution is 2.34. The molecule has 0 atom stereocenters. The average Bonchev–Trinajstić information content (AvgIpc) is 2.43. The van der Waals surface area contributed by atoms with Crippen LogP contribution in [0.1, 0.15) is 50.7 Å². The summed E-state index contributed by atoms with van der Waals surface area (Å²) in [5.41, 5.74) is 1.49. The van der Waals surface area contributed by atoms with Crippen molar-refractivity contribution in [1.29, 1.82) is 0 Å². The van der Waals surface area contributed by atoms with Crippen LogP contribution in [0.4, 0.5) is 4.79 Å². The third-order valence-electron chi connectivity index (χ3n) is 3.17. The van der Waals surface area contributed by atoms with Crippen molar-refractivity contribution < 1.29 is 34.1 Å². The fourth-order valence-electron chi connectivity index (χ4n) is 2.01. The Labute approximate surface area is 133 Å². The first kappa shape index (κ1) is 18.5. The zero-order valence-electron chi connectivity index (χ0n) is 13.4. The van der Waals surface area contributed by atoms with Crippen LogP contribution in [0.5, 0.6) is 5.75 Å². The molecule has 126 valence electrons. The molecular formula is C16H20O7. The first-order valence-corrected chi connectivity index (χ1v) is 7.12. The Hall–Kier alpha value is -2.57. The van der Waals surface area contributed by atoms with Crippen LogP contribution >= 0.6 is 0 Å². The maximum Gasteiger partial charge on any atom is 0.515 e. The quantitative estimate of drug-likeness (QED) is 0.470. The van der Waals surface area contributed by atoms with Crippen molar-refractivity contribution in [2.24, 2.45) is 0 Å². The molecule has 0 aliphatic rings. The molecule has 0 unspecified atom stereocenters. The third kappa shape index (κ3) is 4.70. The van der Waals surface area contributed by atoms with Gasteiger partial charge in [0.2, 0.25) is 0 Å². The molecule has 0 saturated heterocycles. The summed E-state index contributed by atoms with van der Waals surface area (Å²) >= 11 is 0. The van der Waals surface area contributed by atoms with E-state index in [1.54, 1.807) is 12.1 Å². The van der Waals surface area contributed by atoms with E-state index >= 15 is 0 Å². The first-order chi connectivity index (χ1) is 10.6. The summed E-state index contributed by atoms with van der Waals surface area (Å²) in [6, 6.07) is 5.40. The number of carbonyl (C=O) groups is 3. The maximum absolute atomic E-state index is 11.8. The molecule has 0 aliphatic heterocycles. The van der Waals surface area contributed by atoms with E-state index < -0.39 is 24.2 Å². The SMILES string of the molecule is CC(C)c1cccc(C(C)C)c1OC(=O)OC(C(=O)O)C(=O)O. The van der Waals surface area contributed by atoms with E-state index in [0.717, 1.165) is 11.1 Å². The number of carboxylic acids is 2. The van der Waals surface area contributed by atoms with Crippen molar-refractivity contribution in [3.8, 4) is 5.75 Å². The second-order valence-corrected chi connectivity index (χ2v) is 5.60. The van der Waals surface area contributed by atoms with Crippen molar-refractivity contribution >= 4 is 18.1 Å². The van der Waals surface area contributed by atoms with Crippen LogP contribution in [-0.4, -0.2) is 34.4 Å². The summed E-state index contributed by atoms with van der Waals surface area (Å²) in [6.45, 7) is 7.65. The number of ether oxygens (including phenoxy) is 2. The molecule has 7 nitrogen and oxygen atoms in total. The Bertz CT molecular complexity index is 564. The number of para-hydroxylation sites is 1. The molecule has 0 aromatic heterocycles. The predicted octanol–water partition coefficient (Wildman–Crippen LogP) is 2.99. The van der Waals surface area contributed by atoms with Gasteiger partial charge in [0.1, 0.15) is 5.75 Å². The fraction of sp³-hybridized carbons (Fsp3) is 0.438. The van der Waals surface area contributed by atoms with Gasteiger partial charge in [0.25, 0.3) is 6.10 Å². The average molecular weight is 324 g/mol. The summed E-state index contributed by atoms with van der Waals surface area (Å²) in [6.07, 6.45) is -3.67. The van der Waals surface area contributed by atoms with Gasteiger partial charge in [0.15, 0.2) is 0 Å². The summed E-state index contributed by atoms with van der Waals surface area (Å²) in [5.74, 6) is -3.19. The summed E-state index contributed by atoms with van der Waals surface area (Å²) in [5, 5.41) is 17.5. The monoisotopic (exact) mass is 324 g/mol. The van der Waals surface area contributed by atoms with Crippen LogP contribution in [0.15, 0.2) is 18.2 Å². The lowest BCUT2D eigenvalue weighted by molar-refractivity contribution is -0.162. The van der Waals surface area contributed by atoms with Gasteiger partial charge in [-0.05, 0) is 23.0 Å². The van der Waals surface area contributed by atoms with Crippen LogP contribution < -0.4 is 4.74 Å². The third-order valence-corrected chi connectivity index (χ3v) is 3.17. The molecule has 0 spiro atoms. The lowest BCUT2D eigenvalue weighted by Crippen LogP contribution is -2.35. The second-order valence-electron chi connectivity index (χ2n) is 5.60. The highest BCUT2D eigenvalue weighted by Gasteiger charge is 2.31. The van der Waals surface area contributed by atoms with Crippen LogP contribution in [0.2, 0.25) is 0 Å². The standard InChI is InChI=1S/C16H20O7/c1-8(2)10-6-5-7-11(9(3)4)12(10)22-16(21)23-13(14(17)18)15(19)20/h5-9,13H,1-4H3,(H,17,18)(H,19,20). The molecular weight excluding hydrogens is 304 g/mol. The minimum absolute atomic E-state index is 0.0474. The highest BCUT2D eigenvalue weighted by molar-refractivity contribution is 5.97. The van der Waals surface area contributed by atoms with Gasteiger partial charge in [0.05, 0.1) is 0 Å². The van der Waals surface area contributed by atoms with E-state index in [2.05, 4.69) is 4.74 Å². The number of hydrogen-bond donors (Lipinski definition) is 2. The Balaban J connectivity index is 3.10. The van der Waals surface area contributed by atoms with Gasteiger partial charge in [-0.25, -0.2) is 14.4 Å². The Morgan fingerprint density at radius 2 is 1.35 bits per heavy atom. The van der Waals surface area contributed by atoms with Gasteiger partial charge < -0.3 is 19.7 Å². The molecule has 0 bridgehead atoms. The Morgan fingerprint density at radius 3 is 1.70 bits per heavy atom. The molecule has 1 rings (SSSR count). The number of benzene rings is 1. The van der Waals surface area contributed by atoms with Gasteiger partial charge in [-0.2, -0.15) is 0 Å². The van der Waals surface area contributed by atoms with E-state index in [4.69, 9.17) is 14.9 Å². The zero-order valence-corrected chi connectivity index (χ0v) is 13.4. The van der Waals surface area contributed by atoms with E-state index in [-0.39, 0.29) is 17.6 Å². The first-order valence-electron chi connectivity index (χ1n) is 7.12. The van der Waals surface area contributed by atoms with Crippen molar-refractivity contribution in [2.45, 2.75) is 45.6 Å². The van der Waals surface area contributed by atoms with Gasteiger partial charge >= 0.3 is 18.1 Å². The van der Waals surface area contributed by atoms with Gasteiger partial charge in [-0.15, -0.1) is 0 Å². The molecule has 0 aliphatic carbocycles. The fourth-order valence-corrected chi connectivity index (χ4v) is 2.01. The normalized spacial score (nSPS) is 10.9. The van der Waals surface area contributed by atoms with Crippen molar-refractivity contribution in [3.63, 3.8) is 0 Å². The number of aliphatic carboxylic acids is 2. The Morgan fingerprint density at radius 1 is 0.913 bits per heavy atom. The zero-order chi connectivity index (χ0) is 17.7. The number of rotatable bonds is 6. The van der Waals surface area contributed by atoms with Gasteiger partial charge in [-0.1, -0.05) is 45.9 Å². The second kappa shape index (κ2) is 7.62. The number of hydrogen-bond acceptors (Lipinski definition) is 5.